The SMILES string of the molecule is Cc1cncc(NC(=O)NC2CCCN(C3CCCCC3)C2=O)c1. The summed E-state index contributed by atoms with van der Waals surface area (Å²) in [5.41, 5.74) is 1.62. The zero-order chi connectivity index (χ0) is 16.9. The van der Waals surface area contributed by atoms with E-state index in [1.54, 1.807) is 12.4 Å². The number of aromatic nitrogens is 1. The predicted octanol–water partition coefficient (Wildman–Crippen LogP) is 2.84. The van der Waals surface area contributed by atoms with Gasteiger partial charge < -0.3 is 15.5 Å². The summed E-state index contributed by atoms with van der Waals surface area (Å²) in [7, 11) is 0. The first-order valence-corrected chi connectivity index (χ1v) is 8.93. The number of amides is 3. The number of likely N-dealkylation sites (tertiary alicyclic amines) is 1. The lowest BCUT2D eigenvalue weighted by Crippen LogP contribution is -2.56. The molecule has 6 heteroatoms. The summed E-state index contributed by atoms with van der Waals surface area (Å²) in [5.74, 6) is 0.0747. The third-order valence-corrected chi connectivity index (χ3v) is 4.93. The van der Waals surface area contributed by atoms with E-state index in [1.165, 1.54) is 19.3 Å². The molecule has 1 aromatic rings. The fraction of sp³-hybridized carbons (Fsp3) is 0.611. The minimum Gasteiger partial charge on any atom is -0.338 e. The molecule has 1 saturated heterocycles. The number of nitrogens with one attached hydrogen (secondary N) is 2. The summed E-state index contributed by atoms with van der Waals surface area (Å²) in [6.07, 6.45) is 10.9. The van der Waals surface area contributed by atoms with Gasteiger partial charge in [-0.25, -0.2) is 4.79 Å². The highest BCUT2D eigenvalue weighted by molar-refractivity contribution is 5.94. The Labute approximate surface area is 143 Å². The van der Waals surface area contributed by atoms with Gasteiger partial charge in [0.2, 0.25) is 5.91 Å². The second-order valence-corrected chi connectivity index (χ2v) is 6.87. The zero-order valence-corrected chi connectivity index (χ0v) is 14.3. The van der Waals surface area contributed by atoms with Crippen molar-refractivity contribution >= 4 is 17.6 Å². The smallest absolute Gasteiger partial charge is 0.319 e. The van der Waals surface area contributed by atoms with Crippen LogP contribution < -0.4 is 10.6 Å². The molecule has 1 unspecified atom stereocenters. The van der Waals surface area contributed by atoms with Gasteiger partial charge in [-0.3, -0.25) is 9.78 Å². The molecule has 1 atom stereocenters. The van der Waals surface area contributed by atoms with Crippen molar-refractivity contribution in [1.82, 2.24) is 15.2 Å². The van der Waals surface area contributed by atoms with Crippen molar-refractivity contribution in [3.05, 3.63) is 24.0 Å². The molecule has 1 aliphatic carbocycles. The lowest BCUT2D eigenvalue weighted by Gasteiger charge is -2.39. The van der Waals surface area contributed by atoms with Crippen molar-refractivity contribution in [2.24, 2.45) is 0 Å². The first-order chi connectivity index (χ1) is 11.6. The number of pyridine rings is 1. The summed E-state index contributed by atoms with van der Waals surface area (Å²) in [6, 6.07) is 1.45. The van der Waals surface area contributed by atoms with Crippen LogP contribution in [0.3, 0.4) is 0 Å². The Morgan fingerprint density at radius 1 is 1.17 bits per heavy atom. The van der Waals surface area contributed by atoms with Crippen molar-refractivity contribution in [2.75, 3.05) is 11.9 Å². The quantitative estimate of drug-likeness (QED) is 0.895. The molecule has 0 spiro atoms. The average molecular weight is 330 g/mol. The van der Waals surface area contributed by atoms with E-state index in [4.69, 9.17) is 0 Å². The first-order valence-electron chi connectivity index (χ1n) is 8.93. The van der Waals surface area contributed by atoms with E-state index in [1.807, 2.05) is 17.9 Å². The largest absolute Gasteiger partial charge is 0.338 e. The molecule has 2 fully saturated rings. The number of hydrogen-bond donors (Lipinski definition) is 2. The van der Waals surface area contributed by atoms with Gasteiger partial charge in [0.15, 0.2) is 0 Å². The summed E-state index contributed by atoms with van der Waals surface area (Å²) in [6.45, 7) is 2.74. The summed E-state index contributed by atoms with van der Waals surface area (Å²) >= 11 is 0. The number of aryl methyl sites for hydroxylation is 1. The van der Waals surface area contributed by atoms with Crippen molar-refractivity contribution in [3.8, 4) is 0 Å². The van der Waals surface area contributed by atoms with E-state index in [9.17, 15) is 9.59 Å². The van der Waals surface area contributed by atoms with Crippen LogP contribution in [0.1, 0.15) is 50.5 Å². The molecule has 0 aromatic carbocycles. The topological polar surface area (TPSA) is 74.3 Å². The van der Waals surface area contributed by atoms with Gasteiger partial charge in [-0.1, -0.05) is 19.3 Å². The van der Waals surface area contributed by atoms with Crippen molar-refractivity contribution in [3.63, 3.8) is 0 Å². The molecule has 1 saturated carbocycles. The standard InChI is InChI=1S/C18H26N4O2/c1-13-10-14(12-19-11-13)20-18(24)21-16-8-5-9-22(17(16)23)15-6-3-2-4-7-15/h10-12,15-16H,2-9H2,1H3,(H2,20,21,24). The van der Waals surface area contributed by atoms with E-state index in [2.05, 4.69) is 15.6 Å². The number of nitrogens with zero attached hydrogens (tertiary/aromatic N) is 2. The predicted molar refractivity (Wildman–Crippen MR) is 92.7 cm³/mol. The fourth-order valence-electron chi connectivity index (χ4n) is 3.74. The van der Waals surface area contributed by atoms with Gasteiger partial charge in [-0.05, 0) is 44.2 Å². The fourth-order valence-corrected chi connectivity index (χ4v) is 3.74. The van der Waals surface area contributed by atoms with Gasteiger partial charge in [-0.2, -0.15) is 0 Å². The minimum atomic E-state index is -0.418. The first kappa shape index (κ1) is 16.7. The van der Waals surface area contributed by atoms with Gasteiger partial charge in [0.05, 0.1) is 11.9 Å². The molecule has 3 amide bonds. The van der Waals surface area contributed by atoms with Crippen LogP contribution in [0.5, 0.6) is 0 Å². The van der Waals surface area contributed by atoms with Crippen LogP contribution in [-0.2, 0) is 4.79 Å². The number of hydrogen-bond acceptors (Lipinski definition) is 3. The zero-order valence-electron chi connectivity index (χ0n) is 14.3. The van der Waals surface area contributed by atoms with Crippen LogP contribution in [0.4, 0.5) is 10.5 Å². The molecule has 1 aromatic heterocycles. The van der Waals surface area contributed by atoms with Gasteiger partial charge in [-0.15, -0.1) is 0 Å². The number of carbonyl (C=O) groups is 2. The maximum absolute atomic E-state index is 12.7. The third kappa shape index (κ3) is 4.04. The second-order valence-electron chi connectivity index (χ2n) is 6.87. The van der Waals surface area contributed by atoms with Gasteiger partial charge in [0.25, 0.3) is 0 Å². The number of rotatable bonds is 3. The van der Waals surface area contributed by atoms with Crippen molar-refractivity contribution < 1.29 is 9.59 Å². The highest BCUT2D eigenvalue weighted by Gasteiger charge is 2.34. The molecule has 3 rings (SSSR count). The molecule has 0 radical (unpaired) electrons. The Morgan fingerprint density at radius 2 is 1.96 bits per heavy atom. The highest BCUT2D eigenvalue weighted by atomic mass is 16.2. The highest BCUT2D eigenvalue weighted by Crippen LogP contribution is 2.26. The van der Waals surface area contributed by atoms with Crippen LogP contribution in [0.2, 0.25) is 0 Å². The van der Waals surface area contributed by atoms with Gasteiger partial charge in [0.1, 0.15) is 6.04 Å². The molecule has 24 heavy (non-hydrogen) atoms. The Morgan fingerprint density at radius 3 is 2.71 bits per heavy atom. The van der Waals surface area contributed by atoms with Crippen LogP contribution in [-0.4, -0.2) is 40.5 Å². The number of piperidine rings is 1. The van der Waals surface area contributed by atoms with E-state index in [-0.39, 0.29) is 11.9 Å². The van der Waals surface area contributed by atoms with Gasteiger partial charge in [0, 0.05) is 18.8 Å². The number of carbonyl (C=O) groups excluding carboxylic acids is 2. The number of urea groups is 1. The normalized spacial score (nSPS) is 22.3. The monoisotopic (exact) mass is 330 g/mol. The summed E-state index contributed by atoms with van der Waals surface area (Å²) in [5, 5.41) is 5.60. The molecule has 0 bridgehead atoms. The Kier molecular flexibility index (Phi) is 5.33. The van der Waals surface area contributed by atoms with Crippen LogP contribution >= 0.6 is 0 Å². The molecule has 130 valence electrons. The summed E-state index contributed by atoms with van der Waals surface area (Å²) in [4.78, 5) is 31.0. The van der Waals surface area contributed by atoms with Crippen molar-refractivity contribution in [2.45, 2.75) is 64.0 Å². The molecule has 2 aliphatic rings. The molecular weight excluding hydrogens is 304 g/mol. The van der Waals surface area contributed by atoms with E-state index in [0.717, 1.165) is 31.4 Å². The van der Waals surface area contributed by atoms with Gasteiger partial charge >= 0.3 is 6.03 Å². The van der Waals surface area contributed by atoms with Crippen LogP contribution in [0.25, 0.3) is 0 Å². The maximum atomic E-state index is 12.7. The number of anilines is 1. The Bertz CT molecular complexity index is 598. The molecule has 2 heterocycles. The molecular formula is C18H26N4O2. The van der Waals surface area contributed by atoms with Crippen LogP contribution in [0, 0.1) is 6.92 Å². The van der Waals surface area contributed by atoms with E-state index < -0.39 is 6.04 Å². The van der Waals surface area contributed by atoms with Crippen molar-refractivity contribution in [1.29, 1.82) is 0 Å². The van der Waals surface area contributed by atoms with E-state index >= 15 is 0 Å². The third-order valence-electron chi connectivity index (χ3n) is 4.93. The summed E-state index contributed by atoms with van der Waals surface area (Å²) < 4.78 is 0. The second kappa shape index (κ2) is 7.64. The van der Waals surface area contributed by atoms with Crippen LogP contribution in [0.15, 0.2) is 18.5 Å². The lowest BCUT2D eigenvalue weighted by atomic mass is 9.91. The Hall–Kier alpha value is -2.11. The lowest BCUT2D eigenvalue weighted by molar-refractivity contribution is -0.138. The molecule has 6 nitrogen and oxygen atoms in total. The Balaban J connectivity index is 1.57. The average Bonchev–Trinajstić information content (AvgIpc) is 2.57. The molecule has 2 N–H and O–H groups in total. The maximum Gasteiger partial charge on any atom is 0.319 e. The van der Waals surface area contributed by atoms with E-state index in [0.29, 0.717) is 18.2 Å². The molecule has 1 aliphatic heterocycles. The minimum absolute atomic E-state index is 0.0747.